The van der Waals surface area contributed by atoms with E-state index in [0.717, 1.165) is 42.8 Å². The highest BCUT2D eigenvalue weighted by atomic mass is 32.2. The average Bonchev–Trinajstić information content (AvgIpc) is 3.28. The van der Waals surface area contributed by atoms with Gasteiger partial charge < -0.3 is 4.90 Å². The van der Waals surface area contributed by atoms with E-state index in [-0.39, 0.29) is 17.3 Å². The summed E-state index contributed by atoms with van der Waals surface area (Å²) in [6, 6.07) is 9.76. The maximum absolute atomic E-state index is 12.4. The number of fused-ring (bicyclic) bond motifs is 1. The number of nitrogens with zero attached hydrogens (tertiary/aromatic N) is 4. The van der Waals surface area contributed by atoms with Gasteiger partial charge in [-0.2, -0.15) is 9.61 Å². The molecule has 1 aliphatic heterocycles. The summed E-state index contributed by atoms with van der Waals surface area (Å²) in [7, 11) is 0. The molecule has 1 aliphatic rings. The Morgan fingerprint density at radius 1 is 1.23 bits per heavy atom. The van der Waals surface area contributed by atoms with Crippen molar-refractivity contribution < 1.29 is 4.79 Å². The van der Waals surface area contributed by atoms with Crippen molar-refractivity contribution in [2.24, 2.45) is 0 Å². The van der Waals surface area contributed by atoms with Gasteiger partial charge in [-0.05, 0) is 25.3 Å². The van der Waals surface area contributed by atoms with Crippen molar-refractivity contribution in [3.8, 4) is 11.1 Å². The van der Waals surface area contributed by atoms with Crippen LogP contribution in [-0.2, 0) is 4.79 Å². The van der Waals surface area contributed by atoms with E-state index in [1.807, 2.05) is 42.2 Å². The van der Waals surface area contributed by atoms with Gasteiger partial charge in [0.25, 0.3) is 0 Å². The number of hydrogen-bond acceptors (Lipinski definition) is 5. The van der Waals surface area contributed by atoms with Crippen molar-refractivity contribution in [3.63, 3.8) is 0 Å². The molecular weight excluding hydrogens is 350 g/mol. The van der Waals surface area contributed by atoms with Crippen molar-refractivity contribution >= 4 is 23.3 Å². The molecule has 0 radical (unpaired) electrons. The van der Waals surface area contributed by atoms with Crippen LogP contribution in [0.25, 0.3) is 16.8 Å². The number of thioether (sulfide) groups is 1. The van der Waals surface area contributed by atoms with Gasteiger partial charge in [-0.3, -0.25) is 9.78 Å². The van der Waals surface area contributed by atoms with Crippen molar-refractivity contribution in [1.29, 1.82) is 0 Å². The van der Waals surface area contributed by atoms with Crippen molar-refractivity contribution in [1.82, 2.24) is 24.5 Å². The molecule has 1 aromatic carbocycles. The third-order valence-electron chi connectivity index (χ3n) is 4.50. The Morgan fingerprint density at radius 2 is 1.96 bits per heavy atom. The fourth-order valence-electron chi connectivity index (χ4n) is 3.23. The van der Waals surface area contributed by atoms with Gasteiger partial charge >= 0.3 is 5.69 Å². The lowest BCUT2D eigenvalue weighted by Crippen LogP contribution is -2.29. The number of carbonyl (C=O) groups is 1. The van der Waals surface area contributed by atoms with Gasteiger partial charge in [0.2, 0.25) is 5.91 Å². The third kappa shape index (κ3) is 3.12. The number of nitrogens with one attached hydrogen (secondary N) is 1. The second-order valence-corrected chi connectivity index (χ2v) is 7.25. The molecule has 2 aromatic heterocycles. The highest BCUT2D eigenvalue weighted by Crippen LogP contribution is 2.27. The summed E-state index contributed by atoms with van der Waals surface area (Å²) in [6.07, 6.45) is 2.12. The van der Waals surface area contributed by atoms with Crippen molar-refractivity contribution in [2.75, 3.05) is 18.8 Å². The fourth-order valence-corrected chi connectivity index (χ4v) is 3.98. The first kappa shape index (κ1) is 16.8. The van der Waals surface area contributed by atoms with Gasteiger partial charge in [0.1, 0.15) is 0 Å². The van der Waals surface area contributed by atoms with Gasteiger partial charge in [-0.15, -0.1) is 0 Å². The molecule has 0 atom stereocenters. The lowest BCUT2D eigenvalue weighted by molar-refractivity contribution is -0.127. The molecule has 1 N–H and O–H groups in total. The molecule has 134 valence electrons. The molecule has 0 unspecified atom stereocenters. The molecule has 0 saturated carbocycles. The number of carbonyl (C=O) groups excluding carboxylic acids is 1. The van der Waals surface area contributed by atoms with Crippen LogP contribution in [0, 0.1) is 6.92 Å². The third-order valence-corrected chi connectivity index (χ3v) is 5.36. The van der Waals surface area contributed by atoms with E-state index in [4.69, 9.17) is 0 Å². The summed E-state index contributed by atoms with van der Waals surface area (Å²) in [5.41, 5.74) is 2.70. The first-order chi connectivity index (χ1) is 12.6. The molecule has 0 bridgehead atoms. The topological polar surface area (TPSA) is 83.4 Å². The molecule has 1 saturated heterocycles. The standard InChI is InChI=1S/C18H19N5O2S/c1-12-15(13-7-3-2-4-8-13)16-19-17(20-18(25)23(16)21-12)26-11-14(24)22-9-5-6-10-22/h2-4,7-8H,5-6,9-11H2,1H3,(H,19,20,25). The Balaban J connectivity index is 1.67. The first-order valence-corrected chi connectivity index (χ1v) is 9.57. The van der Waals surface area contributed by atoms with Gasteiger partial charge in [0.05, 0.1) is 11.4 Å². The molecule has 3 heterocycles. The number of benzene rings is 1. The van der Waals surface area contributed by atoms with Crippen LogP contribution in [0.15, 0.2) is 40.3 Å². The number of hydrogen-bond donors (Lipinski definition) is 1. The number of aromatic nitrogens is 4. The molecule has 3 aromatic rings. The van der Waals surface area contributed by atoms with E-state index < -0.39 is 0 Å². The van der Waals surface area contributed by atoms with Gasteiger partial charge in [-0.1, -0.05) is 42.1 Å². The normalized spacial score (nSPS) is 14.3. The molecule has 0 aliphatic carbocycles. The zero-order valence-corrected chi connectivity index (χ0v) is 15.3. The Morgan fingerprint density at radius 3 is 2.69 bits per heavy atom. The summed E-state index contributed by atoms with van der Waals surface area (Å²) < 4.78 is 1.28. The predicted molar refractivity (Wildman–Crippen MR) is 100 cm³/mol. The maximum atomic E-state index is 12.4. The van der Waals surface area contributed by atoms with Crippen LogP contribution in [0.5, 0.6) is 0 Å². The molecule has 26 heavy (non-hydrogen) atoms. The van der Waals surface area contributed by atoms with Crippen LogP contribution in [0.3, 0.4) is 0 Å². The minimum atomic E-state index is -0.351. The van der Waals surface area contributed by atoms with Crippen LogP contribution in [0.1, 0.15) is 18.5 Å². The number of H-pyrrole nitrogens is 1. The molecule has 1 amide bonds. The minimum absolute atomic E-state index is 0.0861. The van der Waals surface area contributed by atoms with Crippen molar-refractivity contribution in [3.05, 3.63) is 46.5 Å². The second-order valence-electron chi connectivity index (χ2n) is 6.29. The van der Waals surface area contributed by atoms with Crippen LogP contribution >= 0.6 is 11.8 Å². The average molecular weight is 369 g/mol. The zero-order chi connectivity index (χ0) is 18.1. The van der Waals surface area contributed by atoms with Crippen LogP contribution in [0.2, 0.25) is 0 Å². The molecule has 8 heteroatoms. The maximum Gasteiger partial charge on any atom is 0.350 e. The minimum Gasteiger partial charge on any atom is -0.342 e. The predicted octanol–water partition coefficient (Wildman–Crippen LogP) is 2.11. The smallest absolute Gasteiger partial charge is 0.342 e. The van der Waals surface area contributed by atoms with Gasteiger partial charge in [0.15, 0.2) is 10.8 Å². The Hall–Kier alpha value is -2.61. The van der Waals surface area contributed by atoms with Crippen LogP contribution in [-0.4, -0.2) is 49.2 Å². The first-order valence-electron chi connectivity index (χ1n) is 8.59. The lowest BCUT2D eigenvalue weighted by Gasteiger charge is -2.14. The van der Waals surface area contributed by atoms with E-state index in [1.54, 1.807) is 0 Å². The molecule has 4 rings (SSSR count). The number of aryl methyl sites for hydroxylation is 1. The fraction of sp³-hybridized carbons (Fsp3) is 0.333. The number of likely N-dealkylation sites (tertiary alicyclic amines) is 1. The summed E-state index contributed by atoms with van der Waals surface area (Å²) >= 11 is 1.26. The van der Waals surface area contributed by atoms with Crippen LogP contribution in [0.4, 0.5) is 0 Å². The van der Waals surface area contributed by atoms with E-state index in [1.165, 1.54) is 16.3 Å². The highest BCUT2D eigenvalue weighted by Gasteiger charge is 2.20. The molecular formula is C18H19N5O2S. The summed E-state index contributed by atoms with van der Waals surface area (Å²) in [6.45, 7) is 3.50. The summed E-state index contributed by atoms with van der Waals surface area (Å²) in [5, 5.41) is 4.75. The monoisotopic (exact) mass is 369 g/mol. The number of amides is 1. The lowest BCUT2D eigenvalue weighted by atomic mass is 10.1. The summed E-state index contributed by atoms with van der Waals surface area (Å²) in [4.78, 5) is 33.8. The van der Waals surface area contributed by atoms with Crippen LogP contribution < -0.4 is 5.69 Å². The van der Waals surface area contributed by atoms with E-state index >= 15 is 0 Å². The quantitative estimate of drug-likeness (QED) is 0.712. The number of rotatable bonds is 4. The zero-order valence-electron chi connectivity index (χ0n) is 14.4. The Bertz CT molecular complexity index is 1010. The summed E-state index contributed by atoms with van der Waals surface area (Å²) in [5.74, 6) is 0.357. The van der Waals surface area contributed by atoms with Gasteiger partial charge in [0, 0.05) is 18.7 Å². The Labute approximate surface area is 154 Å². The molecule has 1 fully saturated rings. The van der Waals surface area contributed by atoms with Gasteiger partial charge in [-0.25, -0.2) is 9.78 Å². The Kier molecular flexibility index (Phi) is 4.50. The van der Waals surface area contributed by atoms with Crippen molar-refractivity contribution in [2.45, 2.75) is 24.9 Å². The van der Waals surface area contributed by atoms with E-state index in [9.17, 15) is 9.59 Å². The molecule has 7 nitrogen and oxygen atoms in total. The number of aromatic amines is 1. The second kappa shape index (κ2) is 6.95. The SMILES string of the molecule is Cc1nn2c(=O)[nH]c(SCC(=O)N3CCCC3)nc2c1-c1ccccc1. The molecule has 0 spiro atoms. The largest absolute Gasteiger partial charge is 0.350 e. The van der Waals surface area contributed by atoms with E-state index in [2.05, 4.69) is 15.1 Å². The van der Waals surface area contributed by atoms with E-state index in [0.29, 0.717) is 10.8 Å². The highest BCUT2D eigenvalue weighted by molar-refractivity contribution is 7.99.